The Hall–Kier alpha value is -6.88. The van der Waals surface area contributed by atoms with Gasteiger partial charge in [0.25, 0.3) is 0 Å². The average molecular weight is 889 g/mol. The molecule has 2 aliphatic rings. The van der Waals surface area contributed by atoms with E-state index in [1.807, 2.05) is 0 Å². The third kappa shape index (κ3) is 6.84. The van der Waals surface area contributed by atoms with Crippen molar-refractivity contribution < 1.29 is 0 Å². The Labute approximate surface area is 392 Å². The first-order chi connectivity index (χ1) is 32.7. The van der Waals surface area contributed by atoms with E-state index in [-0.39, 0.29) is 23.1 Å². The Morgan fingerprint density at radius 3 is 1.05 bits per heavy atom. The molecule has 4 N–H and O–H groups in total. The van der Waals surface area contributed by atoms with Crippen LogP contribution < -0.4 is 20.1 Å². The number of benzene rings is 9. The monoisotopic (exact) mass is 888 g/mol. The third-order valence-corrected chi connectivity index (χ3v) is 15.4. The fourth-order valence-corrected chi connectivity index (χ4v) is 12.0. The number of hydrogen-bond acceptors (Lipinski definition) is 6. The molecular weight excluding hydrogens is 845 g/mol. The zero-order valence-electron chi connectivity index (χ0n) is 35.8. The van der Waals surface area contributed by atoms with E-state index in [4.69, 9.17) is 0 Å². The van der Waals surface area contributed by atoms with Crippen molar-refractivity contribution in [1.29, 1.82) is 0 Å². The number of hydrogen-bond donors (Lipinski definition) is 4. The molecule has 2 aromatic heterocycles. The van der Waals surface area contributed by atoms with Gasteiger partial charge in [-0.05, 0) is 93.0 Å². The molecule has 0 aliphatic carbocycles. The molecule has 0 spiro atoms. The molecule has 6 nitrogen and oxygen atoms in total. The topological polar surface area (TPSA) is 58.0 Å². The van der Waals surface area contributed by atoms with Gasteiger partial charge in [-0.15, -0.1) is 0 Å². The second-order valence-corrected chi connectivity index (χ2v) is 19.0. The van der Waals surface area contributed by atoms with Gasteiger partial charge in [0.05, 0.1) is 45.1 Å². The molecule has 2 saturated heterocycles. The van der Waals surface area contributed by atoms with E-state index in [2.05, 4.69) is 248 Å². The Bertz CT molecular complexity index is 3290. The van der Waals surface area contributed by atoms with Gasteiger partial charge in [0.15, 0.2) is 0 Å². The van der Waals surface area contributed by atoms with Gasteiger partial charge < -0.3 is 9.13 Å². The molecule has 13 rings (SSSR count). The highest BCUT2D eigenvalue weighted by molar-refractivity contribution is 7.98. The van der Waals surface area contributed by atoms with E-state index >= 15 is 0 Å². The maximum absolute atomic E-state index is 3.73. The van der Waals surface area contributed by atoms with Crippen molar-refractivity contribution in [1.82, 2.24) is 29.2 Å². The fourth-order valence-electron chi connectivity index (χ4n) is 10.0. The van der Waals surface area contributed by atoms with Crippen LogP contribution in [0.3, 0.4) is 0 Å². The third-order valence-electron chi connectivity index (χ3n) is 13.3. The summed E-state index contributed by atoms with van der Waals surface area (Å²) in [6.45, 7) is 0. The van der Waals surface area contributed by atoms with E-state index in [0.29, 0.717) is 0 Å². The van der Waals surface area contributed by atoms with Crippen molar-refractivity contribution in [2.75, 3.05) is 0 Å². The van der Waals surface area contributed by atoms with E-state index in [0.717, 1.165) is 11.4 Å². The second-order valence-electron chi connectivity index (χ2n) is 17.1. The molecular formula is C58H44N6S2. The first-order valence-electron chi connectivity index (χ1n) is 22.5. The molecule has 0 saturated carbocycles. The average Bonchev–Trinajstić information content (AvgIpc) is 4.22. The van der Waals surface area contributed by atoms with E-state index in [1.165, 1.54) is 88.1 Å². The summed E-state index contributed by atoms with van der Waals surface area (Å²) >= 11 is 3.47. The van der Waals surface area contributed by atoms with Crippen LogP contribution in [0.15, 0.2) is 218 Å². The van der Waals surface area contributed by atoms with Crippen molar-refractivity contribution in [3.63, 3.8) is 0 Å². The van der Waals surface area contributed by atoms with Crippen molar-refractivity contribution >= 4 is 67.5 Å². The van der Waals surface area contributed by atoms with Crippen LogP contribution in [-0.2, 0) is 0 Å². The lowest BCUT2D eigenvalue weighted by molar-refractivity contribution is 0.554. The van der Waals surface area contributed by atoms with Crippen LogP contribution in [0, 0.1) is 0 Å². The predicted molar refractivity (Wildman–Crippen MR) is 278 cm³/mol. The summed E-state index contributed by atoms with van der Waals surface area (Å²) in [5, 5.41) is 12.9. The molecule has 4 atom stereocenters. The molecule has 9 aromatic carbocycles. The van der Waals surface area contributed by atoms with Gasteiger partial charge in [0, 0.05) is 32.9 Å². The molecule has 66 heavy (non-hydrogen) atoms. The number of nitrogens with zero attached hydrogens (tertiary/aromatic N) is 2. The summed E-state index contributed by atoms with van der Waals surface area (Å²) in [7, 11) is 0. The van der Waals surface area contributed by atoms with Crippen molar-refractivity contribution in [2.45, 2.75) is 23.1 Å². The van der Waals surface area contributed by atoms with Gasteiger partial charge in [0.1, 0.15) is 0 Å². The van der Waals surface area contributed by atoms with Gasteiger partial charge in [-0.1, -0.05) is 194 Å². The first kappa shape index (κ1) is 39.5. The molecule has 0 radical (unpaired) electrons. The minimum Gasteiger partial charge on any atom is -0.309 e. The highest BCUT2D eigenvalue weighted by Gasteiger charge is 2.28. The molecule has 0 bridgehead atoms. The summed E-state index contributed by atoms with van der Waals surface area (Å²) in [5.41, 5.74) is 16.9. The number of para-hydroxylation sites is 2. The van der Waals surface area contributed by atoms with Gasteiger partial charge in [0.2, 0.25) is 0 Å². The highest BCUT2D eigenvalue weighted by atomic mass is 32.2. The van der Waals surface area contributed by atoms with Crippen molar-refractivity contribution in [2.24, 2.45) is 0 Å². The van der Waals surface area contributed by atoms with Crippen LogP contribution in [0.4, 0.5) is 0 Å². The smallest absolute Gasteiger partial charge is 0.0950 e. The molecule has 0 amide bonds. The highest BCUT2D eigenvalue weighted by Crippen LogP contribution is 2.43. The van der Waals surface area contributed by atoms with Crippen LogP contribution in [0.1, 0.15) is 45.3 Å². The number of rotatable bonds is 8. The summed E-state index contributed by atoms with van der Waals surface area (Å²) in [6.07, 6.45) is 0.257. The molecule has 4 heterocycles. The van der Waals surface area contributed by atoms with Crippen LogP contribution in [-0.4, -0.2) is 9.13 Å². The molecule has 11 aromatic rings. The summed E-state index contributed by atoms with van der Waals surface area (Å²) in [5.74, 6) is 0. The molecule has 2 fully saturated rings. The summed E-state index contributed by atoms with van der Waals surface area (Å²) in [4.78, 5) is 0. The molecule has 8 heteroatoms. The van der Waals surface area contributed by atoms with E-state index < -0.39 is 0 Å². The van der Waals surface area contributed by atoms with Gasteiger partial charge in [-0.3, -0.25) is 10.6 Å². The van der Waals surface area contributed by atoms with Crippen LogP contribution in [0.5, 0.6) is 0 Å². The Balaban J connectivity index is 0.803. The zero-order chi connectivity index (χ0) is 43.6. The summed E-state index contributed by atoms with van der Waals surface area (Å²) < 4.78 is 12.0. The maximum Gasteiger partial charge on any atom is 0.0950 e. The quantitative estimate of drug-likeness (QED) is 0.114. The zero-order valence-corrected chi connectivity index (χ0v) is 37.4. The molecule has 4 unspecified atom stereocenters. The predicted octanol–water partition coefficient (Wildman–Crippen LogP) is 14.3. The molecule has 318 valence electrons. The Morgan fingerprint density at radius 2 is 0.652 bits per heavy atom. The van der Waals surface area contributed by atoms with Gasteiger partial charge in [-0.2, -0.15) is 0 Å². The van der Waals surface area contributed by atoms with Gasteiger partial charge in [-0.25, -0.2) is 9.44 Å². The summed E-state index contributed by atoms with van der Waals surface area (Å²) in [6, 6.07) is 79.5. The van der Waals surface area contributed by atoms with Crippen LogP contribution >= 0.6 is 23.9 Å². The molecule has 2 aliphatic heterocycles. The maximum atomic E-state index is 3.73. The second kappa shape index (κ2) is 16.5. The standard InChI is InChI=1S/C58H44N6S2/c1-3-11-41(12-4-1)55-59-57(65-61-55)43-23-19-37(20-24-43)39-27-31-45(32-28-39)63-49-17-9-7-15-47(49)53-51(63)35-36-52-54(53)48-16-8-10-18-50(48)64(52)46-33-29-40(30-34-46)38-21-25-44(26-22-38)58-60-56(62-66-58)42-13-5-2-6-14-42/h1-36,55-62H. The minimum absolute atomic E-state index is 0.129. The van der Waals surface area contributed by atoms with Crippen molar-refractivity contribution in [3.8, 4) is 33.6 Å². The SMILES string of the molecule is c1ccc(C2NSC(c3ccc(-c4ccc(-n5c6ccccc6c6c7c8ccccc8n(-c8ccc(-c9ccc(C%10NC(c%11ccccc%11)NS%10)cc9)cc8)c7ccc65)cc4)cc3)N2)cc1. The Morgan fingerprint density at radius 1 is 0.303 bits per heavy atom. The minimum atomic E-state index is 0.129. The normalized spacial score (nSPS) is 18.5. The van der Waals surface area contributed by atoms with Crippen LogP contribution in [0.25, 0.3) is 77.2 Å². The first-order valence-corrected chi connectivity index (χ1v) is 24.3. The van der Waals surface area contributed by atoms with Crippen LogP contribution in [0.2, 0.25) is 0 Å². The van der Waals surface area contributed by atoms with E-state index in [1.54, 1.807) is 23.9 Å². The lowest BCUT2D eigenvalue weighted by Crippen LogP contribution is -2.21. The lowest BCUT2D eigenvalue weighted by Gasteiger charge is -2.14. The lowest BCUT2D eigenvalue weighted by atomic mass is 10.0. The fraction of sp³-hybridized carbons (Fsp3) is 0.0690. The largest absolute Gasteiger partial charge is 0.309 e. The number of nitrogens with one attached hydrogen (secondary N) is 4. The van der Waals surface area contributed by atoms with Crippen molar-refractivity contribution in [3.05, 3.63) is 241 Å². The van der Waals surface area contributed by atoms with E-state index in [9.17, 15) is 0 Å². The Kier molecular flexibility index (Phi) is 9.89. The van der Waals surface area contributed by atoms with Gasteiger partial charge >= 0.3 is 0 Å². The number of aromatic nitrogens is 2. The number of fused-ring (bicyclic) bond motifs is 7.